The quantitative estimate of drug-likeness (QED) is 0.916. The summed E-state index contributed by atoms with van der Waals surface area (Å²) in [6.45, 7) is 5.33. The molecule has 2 heterocycles. The molecule has 1 aromatic rings. The lowest BCUT2D eigenvalue weighted by molar-refractivity contribution is -0.122. The van der Waals surface area contributed by atoms with Gasteiger partial charge in [-0.15, -0.1) is 0 Å². The molecule has 1 amide bonds. The number of hydrogen-bond donors (Lipinski definition) is 1. The maximum Gasteiger partial charge on any atom is 0.222 e. The molecule has 3 rings (SSSR count). The van der Waals surface area contributed by atoms with Crippen molar-refractivity contribution in [3.05, 3.63) is 27.7 Å². The first-order valence-corrected chi connectivity index (χ1v) is 7.79. The molecule has 0 spiro atoms. The van der Waals surface area contributed by atoms with Gasteiger partial charge in [0.1, 0.15) is 5.75 Å². The van der Waals surface area contributed by atoms with E-state index in [-0.39, 0.29) is 11.8 Å². The predicted octanol–water partition coefficient (Wildman–Crippen LogP) is 1.94. The zero-order valence-electron chi connectivity index (χ0n) is 11.6. The van der Waals surface area contributed by atoms with Crippen LogP contribution >= 0.6 is 15.9 Å². The van der Waals surface area contributed by atoms with E-state index in [2.05, 4.69) is 39.9 Å². The molecule has 0 radical (unpaired) electrons. The van der Waals surface area contributed by atoms with E-state index < -0.39 is 0 Å². The summed E-state index contributed by atoms with van der Waals surface area (Å²) >= 11 is 3.56. The van der Waals surface area contributed by atoms with Crippen molar-refractivity contribution in [2.45, 2.75) is 19.9 Å². The van der Waals surface area contributed by atoms with Crippen molar-refractivity contribution in [1.82, 2.24) is 4.90 Å². The van der Waals surface area contributed by atoms with Crippen LogP contribution in [-0.2, 0) is 17.8 Å². The second-order valence-corrected chi connectivity index (χ2v) is 6.75. The Labute approximate surface area is 127 Å². The van der Waals surface area contributed by atoms with Gasteiger partial charge in [-0.2, -0.15) is 0 Å². The Morgan fingerprint density at radius 2 is 2.30 bits per heavy atom. The molecule has 0 saturated carbocycles. The molecule has 2 N–H and O–H groups in total. The molecule has 0 aromatic heterocycles. The monoisotopic (exact) mass is 338 g/mol. The number of primary amides is 1. The Hall–Kier alpha value is -1.07. The fourth-order valence-electron chi connectivity index (χ4n) is 3.27. The van der Waals surface area contributed by atoms with Crippen molar-refractivity contribution in [3.63, 3.8) is 0 Å². The molecule has 0 unspecified atom stereocenters. The fourth-order valence-corrected chi connectivity index (χ4v) is 3.82. The van der Waals surface area contributed by atoms with Crippen LogP contribution in [0.2, 0.25) is 0 Å². The third-order valence-electron chi connectivity index (χ3n) is 4.27. The normalized spacial score (nSPS) is 25.5. The lowest BCUT2D eigenvalue weighted by atomic mass is 9.98. The van der Waals surface area contributed by atoms with Crippen LogP contribution in [0.25, 0.3) is 0 Å². The number of hydrogen-bond acceptors (Lipinski definition) is 3. The second kappa shape index (κ2) is 5.37. The van der Waals surface area contributed by atoms with Gasteiger partial charge >= 0.3 is 0 Å². The molecule has 2 aliphatic heterocycles. The summed E-state index contributed by atoms with van der Waals surface area (Å²) < 4.78 is 6.85. The molecule has 0 bridgehead atoms. The number of ether oxygens (including phenoxy) is 1. The zero-order valence-corrected chi connectivity index (χ0v) is 13.1. The van der Waals surface area contributed by atoms with E-state index in [9.17, 15) is 4.79 Å². The SMILES string of the molecule is C[C@@H]1CN(Cc2cc(Br)cc3c2OCC3)C[C@H]1C(N)=O. The van der Waals surface area contributed by atoms with Gasteiger partial charge in [-0.25, -0.2) is 0 Å². The number of halogens is 1. The minimum absolute atomic E-state index is 0.0314. The molecule has 108 valence electrons. The molecular weight excluding hydrogens is 320 g/mol. The number of nitrogens with zero attached hydrogens (tertiary/aromatic N) is 1. The number of rotatable bonds is 3. The first-order valence-electron chi connectivity index (χ1n) is 7.00. The highest BCUT2D eigenvalue weighted by Gasteiger charge is 2.34. The van der Waals surface area contributed by atoms with Gasteiger partial charge in [0.25, 0.3) is 0 Å². The largest absolute Gasteiger partial charge is 0.493 e. The van der Waals surface area contributed by atoms with Crippen molar-refractivity contribution in [2.24, 2.45) is 17.6 Å². The van der Waals surface area contributed by atoms with E-state index >= 15 is 0 Å². The molecule has 1 saturated heterocycles. The summed E-state index contributed by atoms with van der Waals surface area (Å²) in [7, 11) is 0. The van der Waals surface area contributed by atoms with Gasteiger partial charge in [-0.05, 0) is 23.6 Å². The first-order chi connectivity index (χ1) is 9.54. The molecule has 20 heavy (non-hydrogen) atoms. The molecule has 2 aliphatic rings. The van der Waals surface area contributed by atoms with Gasteiger partial charge < -0.3 is 10.5 Å². The van der Waals surface area contributed by atoms with Crippen molar-refractivity contribution in [1.29, 1.82) is 0 Å². The van der Waals surface area contributed by atoms with Crippen molar-refractivity contribution < 1.29 is 9.53 Å². The van der Waals surface area contributed by atoms with Gasteiger partial charge in [-0.1, -0.05) is 22.9 Å². The summed E-state index contributed by atoms with van der Waals surface area (Å²) in [6, 6.07) is 4.25. The van der Waals surface area contributed by atoms with Crippen LogP contribution in [0, 0.1) is 11.8 Å². The number of nitrogens with two attached hydrogens (primary N) is 1. The van der Waals surface area contributed by atoms with E-state index in [1.807, 2.05) is 0 Å². The molecule has 0 aliphatic carbocycles. The minimum Gasteiger partial charge on any atom is -0.493 e. The van der Waals surface area contributed by atoms with Gasteiger partial charge in [0, 0.05) is 36.1 Å². The summed E-state index contributed by atoms with van der Waals surface area (Å²) in [5.74, 6) is 1.14. The van der Waals surface area contributed by atoms with E-state index in [1.54, 1.807) is 0 Å². The summed E-state index contributed by atoms with van der Waals surface area (Å²) in [5, 5.41) is 0. The van der Waals surface area contributed by atoms with Crippen LogP contribution < -0.4 is 10.5 Å². The highest BCUT2D eigenvalue weighted by atomic mass is 79.9. The molecular formula is C15H19BrN2O2. The van der Waals surface area contributed by atoms with Gasteiger partial charge in [-0.3, -0.25) is 9.69 Å². The second-order valence-electron chi connectivity index (χ2n) is 5.83. The predicted molar refractivity (Wildman–Crippen MR) is 80.5 cm³/mol. The number of likely N-dealkylation sites (tertiary alicyclic amines) is 1. The maximum absolute atomic E-state index is 11.4. The molecule has 4 nitrogen and oxygen atoms in total. The Bertz CT molecular complexity index is 547. The summed E-state index contributed by atoms with van der Waals surface area (Å²) in [4.78, 5) is 13.7. The van der Waals surface area contributed by atoms with Gasteiger partial charge in [0.2, 0.25) is 5.91 Å². The average Bonchev–Trinajstić information content (AvgIpc) is 2.95. The lowest BCUT2D eigenvalue weighted by Gasteiger charge is -2.17. The number of benzene rings is 1. The number of carbonyl (C=O) groups excluding carboxylic acids is 1. The van der Waals surface area contributed by atoms with Crippen LogP contribution in [0.5, 0.6) is 5.75 Å². The topological polar surface area (TPSA) is 55.6 Å². The van der Waals surface area contributed by atoms with Crippen molar-refractivity contribution >= 4 is 21.8 Å². The van der Waals surface area contributed by atoms with Crippen molar-refractivity contribution in [3.8, 4) is 5.75 Å². The Kier molecular flexibility index (Phi) is 3.73. The van der Waals surface area contributed by atoms with Crippen molar-refractivity contribution in [2.75, 3.05) is 19.7 Å². The zero-order chi connectivity index (χ0) is 14.3. The van der Waals surface area contributed by atoms with E-state index in [0.29, 0.717) is 5.92 Å². The third kappa shape index (κ3) is 2.56. The average molecular weight is 339 g/mol. The third-order valence-corrected chi connectivity index (χ3v) is 4.73. The Morgan fingerprint density at radius 1 is 1.50 bits per heavy atom. The lowest BCUT2D eigenvalue weighted by Crippen LogP contribution is -2.29. The van der Waals surface area contributed by atoms with Crippen LogP contribution in [-0.4, -0.2) is 30.5 Å². The first kappa shape index (κ1) is 13.9. The fraction of sp³-hybridized carbons (Fsp3) is 0.533. The highest BCUT2D eigenvalue weighted by Crippen LogP contribution is 2.35. The van der Waals surface area contributed by atoms with E-state index in [4.69, 9.17) is 10.5 Å². The summed E-state index contributed by atoms with van der Waals surface area (Å²) in [6.07, 6.45) is 0.974. The van der Waals surface area contributed by atoms with Crippen LogP contribution in [0.15, 0.2) is 16.6 Å². The van der Waals surface area contributed by atoms with Gasteiger partial charge in [0.15, 0.2) is 0 Å². The Morgan fingerprint density at radius 3 is 3.00 bits per heavy atom. The number of amides is 1. The minimum atomic E-state index is -0.185. The van der Waals surface area contributed by atoms with Gasteiger partial charge in [0.05, 0.1) is 12.5 Å². The van der Waals surface area contributed by atoms with Crippen LogP contribution in [0.1, 0.15) is 18.1 Å². The standard InChI is InChI=1S/C15H19BrN2O2/c1-9-6-18(8-13(9)15(17)19)7-11-5-12(16)4-10-2-3-20-14(10)11/h4-5,9,13H,2-3,6-8H2,1H3,(H2,17,19)/t9-,13-/m1/s1. The molecule has 2 atom stereocenters. The molecule has 1 aromatic carbocycles. The van der Waals surface area contributed by atoms with Crippen LogP contribution in [0.4, 0.5) is 0 Å². The highest BCUT2D eigenvalue weighted by molar-refractivity contribution is 9.10. The maximum atomic E-state index is 11.4. The molecule has 5 heteroatoms. The number of fused-ring (bicyclic) bond motifs is 1. The number of carbonyl (C=O) groups is 1. The summed E-state index contributed by atoms with van der Waals surface area (Å²) in [5.41, 5.74) is 7.93. The molecule has 1 fully saturated rings. The van der Waals surface area contributed by atoms with Crippen LogP contribution in [0.3, 0.4) is 0 Å². The Balaban J connectivity index is 1.78. The smallest absolute Gasteiger partial charge is 0.222 e. The van der Waals surface area contributed by atoms with E-state index in [1.165, 1.54) is 11.1 Å². The van der Waals surface area contributed by atoms with E-state index in [0.717, 1.165) is 42.9 Å².